The Morgan fingerprint density at radius 2 is 2.00 bits per heavy atom. The van der Waals surface area contributed by atoms with E-state index in [2.05, 4.69) is 5.32 Å². The summed E-state index contributed by atoms with van der Waals surface area (Å²) in [6.07, 6.45) is 0.816. The van der Waals surface area contributed by atoms with E-state index in [1.807, 2.05) is 0 Å². The standard InChI is InChI=1S/C11H16N2O4/c14-8-7-12-6-1-9-17-11-4-2-10(3-5-11)13(15)16/h2-5,12,14H,1,6-9H2. The summed E-state index contributed by atoms with van der Waals surface area (Å²) in [7, 11) is 0. The zero-order valence-corrected chi connectivity index (χ0v) is 9.46. The first-order chi connectivity index (χ1) is 8.24. The van der Waals surface area contributed by atoms with E-state index in [4.69, 9.17) is 9.84 Å². The van der Waals surface area contributed by atoms with Gasteiger partial charge >= 0.3 is 0 Å². The second-order valence-electron chi connectivity index (χ2n) is 3.43. The van der Waals surface area contributed by atoms with Crippen LogP contribution in [0.2, 0.25) is 0 Å². The van der Waals surface area contributed by atoms with E-state index in [9.17, 15) is 10.1 Å². The normalized spacial score (nSPS) is 10.2. The molecule has 0 saturated heterocycles. The molecular weight excluding hydrogens is 224 g/mol. The summed E-state index contributed by atoms with van der Waals surface area (Å²) in [5.41, 5.74) is 0.0574. The predicted octanol–water partition coefficient (Wildman–Crippen LogP) is 0.946. The summed E-state index contributed by atoms with van der Waals surface area (Å²) in [5, 5.41) is 22.0. The quantitative estimate of drug-likeness (QED) is 0.401. The van der Waals surface area contributed by atoms with Gasteiger partial charge in [0.25, 0.3) is 5.69 Å². The van der Waals surface area contributed by atoms with Gasteiger partial charge in [-0.1, -0.05) is 0 Å². The topological polar surface area (TPSA) is 84.6 Å². The van der Waals surface area contributed by atoms with Crippen LogP contribution in [0, 0.1) is 10.1 Å². The number of aliphatic hydroxyl groups is 1. The molecule has 0 unspecified atom stereocenters. The molecule has 6 heteroatoms. The van der Waals surface area contributed by atoms with Gasteiger partial charge in [-0.15, -0.1) is 0 Å². The summed E-state index contributed by atoms with van der Waals surface area (Å²) in [4.78, 5) is 9.97. The highest BCUT2D eigenvalue weighted by Gasteiger charge is 2.03. The lowest BCUT2D eigenvalue weighted by Crippen LogP contribution is -2.20. The largest absolute Gasteiger partial charge is 0.494 e. The smallest absolute Gasteiger partial charge is 0.269 e. The van der Waals surface area contributed by atoms with Crippen molar-refractivity contribution in [1.82, 2.24) is 5.32 Å². The molecule has 0 aliphatic rings. The number of aliphatic hydroxyl groups excluding tert-OH is 1. The van der Waals surface area contributed by atoms with Gasteiger partial charge in [-0.25, -0.2) is 0 Å². The van der Waals surface area contributed by atoms with Gasteiger partial charge in [0.15, 0.2) is 0 Å². The zero-order chi connectivity index (χ0) is 12.5. The van der Waals surface area contributed by atoms with Gasteiger partial charge < -0.3 is 15.2 Å². The highest BCUT2D eigenvalue weighted by Crippen LogP contribution is 2.17. The van der Waals surface area contributed by atoms with Gasteiger partial charge in [0.2, 0.25) is 0 Å². The van der Waals surface area contributed by atoms with Crippen LogP contribution >= 0.6 is 0 Å². The fourth-order valence-electron chi connectivity index (χ4n) is 1.26. The second-order valence-corrected chi connectivity index (χ2v) is 3.43. The fourth-order valence-corrected chi connectivity index (χ4v) is 1.26. The summed E-state index contributed by atoms with van der Waals surface area (Å²) < 4.78 is 5.40. The van der Waals surface area contributed by atoms with Crippen molar-refractivity contribution < 1.29 is 14.8 Å². The molecule has 17 heavy (non-hydrogen) atoms. The van der Waals surface area contributed by atoms with Crippen LogP contribution in [0.4, 0.5) is 5.69 Å². The van der Waals surface area contributed by atoms with E-state index in [-0.39, 0.29) is 12.3 Å². The molecule has 0 aliphatic carbocycles. The van der Waals surface area contributed by atoms with Gasteiger partial charge in [-0.2, -0.15) is 0 Å². The average molecular weight is 240 g/mol. The molecule has 1 aromatic rings. The number of nitro benzene ring substituents is 1. The van der Waals surface area contributed by atoms with Crippen molar-refractivity contribution in [3.63, 3.8) is 0 Å². The van der Waals surface area contributed by atoms with E-state index in [0.717, 1.165) is 13.0 Å². The van der Waals surface area contributed by atoms with Crippen LogP contribution in [0.3, 0.4) is 0 Å². The molecule has 6 nitrogen and oxygen atoms in total. The van der Waals surface area contributed by atoms with Crippen molar-refractivity contribution >= 4 is 5.69 Å². The third-order valence-electron chi connectivity index (χ3n) is 2.10. The lowest BCUT2D eigenvalue weighted by molar-refractivity contribution is -0.384. The molecule has 0 radical (unpaired) electrons. The maximum Gasteiger partial charge on any atom is 0.269 e. The van der Waals surface area contributed by atoms with Gasteiger partial charge in [-0.3, -0.25) is 10.1 Å². The lowest BCUT2D eigenvalue weighted by atomic mass is 10.3. The van der Waals surface area contributed by atoms with Crippen molar-refractivity contribution in [2.75, 3.05) is 26.3 Å². The van der Waals surface area contributed by atoms with Crippen molar-refractivity contribution in [1.29, 1.82) is 0 Å². The summed E-state index contributed by atoms with van der Waals surface area (Å²) in [6.45, 7) is 2.02. The third-order valence-corrected chi connectivity index (χ3v) is 2.10. The molecule has 0 heterocycles. The zero-order valence-electron chi connectivity index (χ0n) is 9.46. The number of ether oxygens (including phenoxy) is 1. The van der Waals surface area contributed by atoms with Gasteiger partial charge in [-0.05, 0) is 25.1 Å². The Morgan fingerprint density at radius 1 is 1.29 bits per heavy atom. The molecule has 0 aliphatic heterocycles. The summed E-state index contributed by atoms with van der Waals surface area (Å²) in [6, 6.07) is 6.00. The molecule has 1 aromatic carbocycles. The van der Waals surface area contributed by atoms with Crippen molar-refractivity contribution in [2.24, 2.45) is 0 Å². The molecule has 0 fully saturated rings. The Morgan fingerprint density at radius 3 is 2.59 bits per heavy atom. The highest BCUT2D eigenvalue weighted by atomic mass is 16.6. The maximum absolute atomic E-state index is 10.4. The minimum absolute atomic E-state index is 0.0574. The Hall–Kier alpha value is -1.66. The fraction of sp³-hybridized carbons (Fsp3) is 0.455. The van der Waals surface area contributed by atoms with Gasteiger partial charge in [0.1, 0.15) is 5.75 Å². The Kier molecular flexibility index (Phi) is 5.98. The van der Waals surface area contributed by atoms with E-state index in [1.54, 1.807) is 12.1 Å². The first-order valence-corrected chi connectivity index (χ1v) is 5.43. The van der Waals surface area contributed by atoms with E-state index >= 15 is 0 Å². The molecular formula is C11H16N2O4. The van der Waals surface area contributed by atoms with Crippen LogP contribution in [0.5, 0.6) is 5.75 Å². The van der Waals surface area contributed by atoms with E-state index in [1.165, 1.54) is 12.1 Å². The van der Waals surface area contributed by atoms with Crippen LogP contribution in [-0.4, -0.2) is 36.3 Å². The number of non-ortho nitro benzene ring substituents is 1. The van der Waals surface area contributed by atoms with Gasteiger partial charge in [0, 0.05) is 18.7 Å². The highest BCUT2D eigenvalue weighted by molar-refractivity contribution is 5.35. The molecule has 0 aromatic heterocycles. The van der Waals surface area contributed by atoms with Crippen molar-refractivity contribution in [3.05, 3.63) is 34.4 Å². The molecule has 2 N–H and O–H groups in total. The Bertz CT molecular complexity index is 340. The summed E-state index contributed by atoms with van der Waals surface area (Å²) >= 11 is 0. The molecule has 0 atom stereocenters. The minimum atomic E-state index is -0.442. The Labute approximate surface area is 99.4 Å². The number of nitrogens with zero attached hydrogens (tertiary/aromatic N) is 1. The van der Waals surface area contributed by atoms with Crippen LogP contribution in [0.25, 0.3) is 0 Å². The van der Waals surface area contributed by atoms with Crippen LogP contribution in [0.1, 0.15) is 6.42 Å². The number of benzene rings is 1. The average Bonchev–Trinajstić information content (AvgIpc) is 2.34. The van der Waals surface area contributed by atoms with Crippen LogP contribution in [0.15, 0.2) is 24.3 Å². The van der Waals surface area contributed by atoms with Crippen molar-refractivity contribution in [3.8, 4) is 5.75 Å². The summed E-state index contributed by atoms with van der Waals surface area (Å²) in [5.74, 6) is 0.623. The second kappa shape index (κ2) is 7.59. The third kappa shape index (κ3) is 5.28. The molecule has 0 spiro atoms. The lowest BCUT2D eigenvalue weighted by Gasteiger charge is -2.06. The molecule has 94 valence electrons. The predicted molar refractivity (Wildman–Crippen MR) is 63.2 cm³/mol. The van der Waals surface area contributed by atoms with Gasteiger partial charge in [0.05, 0.1) is 18.1 Å². The van der Waals surface area contributed by atoms with E-state index in [0.29, 0.717) is 18.9 Å². The van der Waals surface area contributed by atoms with Crippen LogP contribution in [-0.2, 0) is 0 Å². The SMILES string of the molecule is O=[N+]([O-])c1ccc(OCCCNCCO)cc1. The minimum Gasteiger partial charge on any atom is -0.494 e. The first kappa shape index (κ1) is 13.4. The Balaban J connectivity index is 2.21. The van der Waals surface area contributed by atoms with E-state index < -0.39 is 4.92 Å². The molecule has 0 saturated carbocycles. The maximum atomic E-state index is 10.4. The first-order valence-electron chi connectivity index (χ1n) is 5.43. The number of nitro groups is 1. The van der Waals surface area contributed by atoms with Crippen molar-refractivity contribution in [2.45, 2.75) is 6.42 Å². The number of hydrogen-bond donors (Lipinski definition) is 2. The molecule has 0 amide bonds. The number of hydrogen-bond acceptors (Lipinski definition) is 5. The number of rotatable bonds is 8. The molecule has 1 rings (SSSR count). The van der Waals surface area contributed by atoms with Crippen LogP contribution < -0.4 is 10.1 Å². The monoisotopic (exact) mass is 240 g/mol. The molecule has 0 bridgehead atoms. The number of nitrogens with one attached hydrogen (secondary N) is 1.